The number of imidazole rings is 1. The van der Waals surface area contributed by atoms with Gasteiger partial charge in [-0.1, -0.05) is 60.7 Å². The molecule has 1 aliphatic heterocycles. The first-order valence-corrected chi connectivity index (χ1v) is 10.6. The van der Waals surface area contributed by atoms with Crippen molar-refractivity contribution in [3.8, 4) is 0 Å². The Morgan fingerprint density at radius 2 is 1.34 bits per heavy atom. The van der Waals surface area contributed by atoms with E-state index in [1.54, 1.807) is 0 Å². The van der Waals surface area contributed by atoms with Crippen LogP contribution in [-0.4, -0.2) is 46.9 Å². The summed E-state index contributed by atoms with van der Waals surface area (Å²) >= 11 is 0. The fraction of sp³-hybridized carbons (Fsp3) is 0.240. The fourth-order valence-corrected chi connectivity index (χ4v) is 4.42. The highest BCUT2D eigenvalue weighted by molar-refractivity contribution is 5.80. The van der Waals surface area contributed by atoms with E-state index in [1.807, 2.05) is 65.8 Å². The Bertz CT molecular complexity index is 1140. The minimum atomic E-state index is -4.27. The van der Waals surface area contributed by atoms with Crippen molar-refractivity contribution in [1.29, 1.82) is 0 Å². The van der Waals surface area contributed by atoms with E-state index in [0.29, 0.717) is 18.0 Å². The van der Waals surface area contributed by atoms with E-state index < -0.39 is 6.30 Å². The van der Waals surface area contributed by atoms with Crippen molar-refractivity contribution in [2.45, 2.75) is 12.3 Å². The summed E-state index contributed by atoms with van der Waals surface area (Å²) in [5.41, 5.74) is 5.02. The number of aromatic nitrogens is 2. The van der Waals surface area contributed by atoms with E-state index in [0.717, 1.165) is 27.8 Å². The van der Waals surface area contributed by atoms with Crippen molar-refractivity contribution >= 4 is 16.7 Å². The Balaban J connectivity index is 1.52. The van der Waals surface area contributed by atoms with Gasteiger partial charge in [-0.15, -0.1) is 0 Å². The maximum absolute atomic E-state index is 13.0. The summed E-state index contributed by atoms with van der Waals surface area (Å²) < 4.78 is 41.1. The maximum Gasteiger partial charge on any atom is 0.460 e. The normalized spacial score (nSPS) is 15.6. The lowest BCUT2D eigenvalue weighted by molar-refractivity contribution is -0.246. The lowest BCUT2D eigenvalue weighted by Gasteiger charge is -2.36. The Kier molecular flexibility index (Phi) is 5.35. The van der Waals surface area contributed by atoms with Gasteiger partial charge in [-0.3, -0.25) is 0 Å². The minimum Gasteiger partial charge on any atom is -0.369 e. The van der Waals surface area contributed by atoms with Crippen molar-refractivity contribution in [2.75, 3.05) is 31.1 Å². The average Bonchev–Trinajstić information content (AvgIpc) is 3.23. The summed E-state index contributed by atoms with van der Waals surface area (Å²) in [4.78, 5) is 7.20. The molecule has 0 amide bonds. The number of alkyl halides is 3. The van der Waals surface area contributed by atoms with Crippen LogP contribution in [0.3, 0.4) is 0 Å². The molecule has 1 aromatic heterocycles. The number of piperazine rings is 1. The topological polar surface area (TPSA) is 24.3 Å². The van der Waals surface area contributed by atoms with Crippen LogP contribution in [0.1, 0.15) is 17.2 Å². The highest BCUT2D eigenvalue weighted by Gasteiger charge is 2.38. The fourth-order valence-electron chi connectivity index (χ4n) is 4.42. The molecule has 1 saturated heterocycles. The van der Waals surface area contributed by atoms with Gasteiger partial charge in [-0.05, 0) is 29.3 Å². The molecular weight excluding hydrogens is 413 g/mol. The van der Waals surface area contributed by atoms with Crippen LogP contribution in [0, 0.1) is 0 Å². The highest BCUT2D eigenvalue weighted by atomic mass is 19.4. The summed E-state index contributed by atoms with van der Waals surface area (Å²) in [6, 6.07) is 26.4. The van der Waals surface area contributed by atoms with Crippen molar-refractivity contribution in [3.63, 3.8) is 0 Å². The Hall–Kier alpha value is -3.32. The molecule has 0 radical (unpaired) electrons. The second-order valence-corrected chi connectivity index (χ2v) is 7.99. The van der Waals surface area contributed by atoms with Crippen molar-refractivity contribution in [3.05, 3.63) is 96.3 Å². The van der Waals surface area contributed by atoms with E-state index in [1.165, 1.54) is 0 Å². The predicted molar refractivity (Wildman–Crippen MR) is 120 cm³/mol. The quantitative estimate of drug-likeness (QED) is 0.405. The molecule has 3 aromatic carbocycles. The van der Waals surface area contributed by atoms with Crippen LogP contribution in [0.5, 0.6) is 0 Å². The number of hydrogen-bond acceptors (Lipinski definition) is 3. The van der Waals surface area contributed by atoms with Gasteiger partial charge in [-0.25, -0.2) is 9.88 Å². The third-order valence-corrected chi connectivity index (χ3v) is 6.07. The first-order chi connectivity index (χ1) is 15.5. The third-order valence-electron chi connectivity index (χ3n) is 6.07. The molecule has 32 heavy (non-hydrogen) atoms. The van der Waals surface area contributed by atoms with E-state index in [4.69, 9.17) is 0 Å². The molecule has 4 aromatic rings. The minimum absolute atomic E-state index is 0.0303. The van der Waals surface area contributed by atoms with Gasteiger partial charge < -0.3 is 9.47 Å². The number of hydrogen-bond donors (Lipinski definition) is 0. The zero-order chi connectivity index (χ0) is 22.1. The summed E-state index contributed by atoms with van der Waals surface area (Å²) in [5.74, 6) is 0. The van der Waals surface area contributed by atoms with Gasteiger partial charge in [0.1, 0.15) is 0 Å². The molecule has 1 aliphatic rings. The number of nitrogens with zero attached hydrogens (tertiary/aromatic N) is 4. The molecule has 0 aliphatic carbocycles. The van der Waals surface area contributed by atoms with Crippen molar-refractivity contribution in [2.24, 2.45) is 0 Å². The maximum atomic E-state index is 13.0. The average molecular weight is 436 g/mol. The second-order valence-electron chi connectivity index (χ2n) is 7.99. The monoisotopic (exact) mass is 436 g/mol. The van der Waals surface area contributed by atoms with Crippen LogP contribution in [0.25, 0.3) is 11.0 Å². The molecule has 0 atom stereocenters. The summed E-state index contributed by atoms with van der Waals surface area (Å²) in [6.45, 7) is 0.606. The van der Waals surface area contributed by atoms with Gasteiger partial charge in [0.2, 0.25) is 0 Å². The highest BCUT2D eigenvalue weighted by Crippen LogP contribution is 2.32. The van der Waals surface area contributed by atoms with Crippen molar-refractivity contribution in [1.82, 2.24) is 14.5 Å². The van der Waals surface area contributed by atoms with Crippen LogP contribution in [0.15, 0.2) is 85.2 Å². The van der Waals surface area contributed by atoms with Gasteiger partial charge in [0.25, 0.3) is 0 Å². The summed E-state index contributed by atoms with van der Waals surface area (Å²) in [5, 5.41) is 0. The number of halogens is 3. The number of fused-ring (bicyclic) bond motifs is 1. The van der Waals surface area contributed by atoms with Crippen LogP contribution < -0.4 is 4.90 Å². The van der Waals surface area contributed by atoms with E-state index in [2.05, 4.69) is 33.8 Å². The van der Waals surface area contributed by atoms with Crippen LogP contribution in [-0.2, 0) is 0 Å². The van der Waals surface area contributed by atoms with Gasteiger partial charge in [0, 0.05) is 31.9 Å². The van der Waals surface area contributed by atoms with E-state index in [9.17, 15) is 13.2 Å². The molecule has 164 valence electrons. The molecule has 0 bridgehead atoms. The molecule has 4 nitrogen and oxygen atoms in total. The molecule has 0 saturated carbocycles. The van der Waals surface area contributed by atoms with Crippen LogP contribution >= 0.6 is 0 Å². The van der Waals surface area contributed by atoms with Gasteiger partial charge in [0.15, 0.2) is 0 Å². The molecule has 0 unspecified atom stereocenters. The smallest absolute Gasteiger partial charge is 0.369 e. The molecule has 7 heteroatoms. The van der Waals surface area contributed by atoms with Crippen molar-refractivity contribution < 1.29 is 13.2 Å². The Labute approximate surface area is 184 Å². The summed E-state index contributed by atoms with van der Waals surface area (Å²) in [7, 11) is 0. The van der Waals surface area contributed by atoms with Crippen LogP contribution in [0.2, 0.25) is 0 Å². The lowest BCUT2D eigenvalue weighted by Crippen LogP contribution is -2.51. The number of anilines is 1. The number of rotatable bonds is 4. The number of benzene rings is 3. The molecule has 0 N–H and O–H groups in total. The molecule has 0 spiro atoms. The zero-order valence-electron chi connectivity index (χ0n) is 17.4. The van der Waals surface area contributed by atoms with E-state index >= 15 is 0 Å². The third kappa shape index (κ3) is 3.96. The standard InChI is InChI=1S/C25H23F3N4/c26-25(27,28)31-15-13-30(14-16-31)21-11-12-22-23(17-21)32(18-29-22)24(19-7-3-1-4-8-19)20-9-5-2-6-10-20/h1-12,17-18,24H,13-16H2. The largest absolute Gasteiger partial charge is 0.460 e. The van der Waals surface area contributed by atoms with Crippen LogP contribution in [0.4, 0.5) is 18.9 Å². The van der Waals surface area contributed by atoms with Gasteiger partial charge in [0.05, 0.1) is 23.4 Å². The lowest BCUT2D eigenvalue weighted by atomic mass is 9.98. The Morgan fingerprint density at radius 1 is 0.750 bits per heavy atom. The molecule has 2 heterocycles. The first kappa shape index (κ1) is 20.6. The van der Waals surface area contributed by atoms with Gasteiger partial charge >= 0.3 is 6.30 Å². The second kappa shape index (κ2) is 8.31. The molecule has 5 rings (SSSR count). The zero-order valence-corrected chi connectivity index (χ0v) is 17.4. The SMILES string of the molecule is FC(F)(F)N1CCN(c2ccc3ncn(C(c4ccccc4)c4ccccc4)c3c2)CC1. The molecule has 1 fully saturated rings. The predicted octanol–water partition coefficient (Wildman–Crippen LogP) is 5.32. The molecular formula is C25H23F3N4. The summed E-state index contributed by atoms with van der Waals surface area (Å²) in [6.07, 6.45) is -2.42. The Morgan fingerprint density at radius 3 is 1.91 bits per heavy atom. The first-order valence-electron chi connectivity index (χ1n) is 10.6. The van der Waals surface area contributed by atoms with Gasteiger partial charge in [-0.2, -0.15) is 13.2 Å². The van der Waals surface area contributed by atoms with E-state index in [-0.39, 0.29) is 19.1 Å².